The van der Waals surface area contributed by atoms with Crippen LogP contribution in [-0.2, 0) is 13.6 Å². The molecule has 1 aromatic heterocycles. The summed E-state index contributed by atoms with van der Waals surface area (Å²) in [5, 5.41) is 11.3. The minimum Gasteiger partial charge on any atom is -0.356 e. The summed E-state index contributed by atoms with van der Waals surface area (Å²) in [6.07, 6.45) is 9.77. The third-order valence-corrected chi connectivity index (χ3v) is 5.12. The molecule has 0 amide bonds. The fraction of sp³-hybridized carbons (Fsp3) is 0.778. The maximum absolute atomic E-state index is 4.46. The van der Waals surface area contributed by atoms with Gasteiger partial charge in [0.15, 0.2) is 5.96 Å². The van der Waals surface area contributed by atoms with Gasteiger partial charge in [-0.3, -0.25) is 9.67 Å². The van der Waals surface area contributed by atoms with Crippen LogP contribution in [0.3, 0.4) is 0 Å². The van der Waals surface area contributed by atoms with E-state index >= 15 is 0 Å². The van der Waals surface area contributed by atoms with Gasteiger partial charge in [0, 0.05) is 38.4 Å². The van der Waals surface area contributed by atoms with E-state index in [9.17, 15) is 0 Å². The van der Waals surface area contributed by atoms with Crippen LogP contribution in [0.15, 0.2) is 4.99 Å². The average molecular weight is 447 g/mol. The number of nitrogens with one attached hydrogen (secondary N) is 2. The fourth-order valence-electron chi connectivity index (χ4n) is 3.54. The Morgan fingerprint density at radius 3 is 2.50 bits per heavy atom. The van der Waals surface area contributed by atoms with E-state index in [1.54, 1.807) is 0 Å². The normalized spacial score (nSPS) is 15.9. The second-order valence-corrected chi connectivity index (χ2v) is 6.77. The van der Waals surface area contributed by atoms with Gasteiger partial charge in [-0.2, -0.15) is 5.10 Å². The second kappa shape index (κ2) is 10.9. The summed E-state index contributed by atoms with van der Waals surface area (Å²) in [6, 6.07) is 0. The number of nitrogens with zero attached hydrogens (tertiary/aromatic N) is 3. The van der Waals surface area contributed by atoms with Gasteiger partial charge in [-0.25, -0.2) is 0 Å². The van der Waals surface area contributed by atoms with Crippen LogP contribution in [0.4, 0.5) is 0 Å². The zero-order chi connectivity index (χ0) is 16.7. The molecule has 1 heterocycles. The number of aryl methyl sites for hydroxylation is 2. The molecule has 0 bridgehead atoms. The predicted octanol–water partition coefficient (Wildman–Crippen LogP) is 3.68. The van der Waals surface area contributed by atoms with Crippen molar-refractivity contribution in [3.8, 4) is 0 Å². The summed E-state index contributed by atoms with van der Waals surface area (Å²) in [5.74, 6) is 1.84. The molecule has 138 valence electrons. The van der Waals surface area contributed by atoms with E-state index in [-0.39, 0.29) is 24.0 Å². The van der Waals surface area contributed by atoms with Gasteiger partial charge in [0.25, 0.3) is 0 Å². The molecule has 0 atom stereocenters. The molecule has 1 fully saturated rings. The number of guanidine groups is 1. The highest BCUT2D eigenvalue weighted by Gasteiger charge is 2.13. The molecule has 2 N–H and O–H groups in total. The molecule has 1 aliphatic rings. The molecule has 1 saturated carbocycles. The Bertz CT molecular complexity index is 518. The number of hydrogen-bond donors (Lipinski definition) is 2. The van der Waals surface area contributed by atoms with E-state index in [0.29, 0.717) is 0 Å². The van der Waals surface area contributed by atoms with Crippen molar-refractivity contribution >= 4 is 29.9 Å². The highest BCUT2D eigenvalue weighted by molar-refractivity contribution is 14.0. The summed E-state index contributed by atoms with van der Waals surface area (Å²) >= 11 is 0. The Morgan fingerprint density at radius 1 is 1.21 bits per heavy atom. The number of aliphatic imine (C=N–C) groups is 1. The third kappa shape index (κ3) is 6.26. The van der Waals surface area contributed by atoms with Crippen molar-refractivity contribution in [3.63, 3.8) is 0 Å². The summed E-state index contributed by atoms with van der Waals surface area (Å²) in [4.78, 5) is 4.32. The molecule has 6 heteroatoms. The molecule has 5 nitrogen and oxygen atoms in total. The van der Waals surface area contributed by atoms with E-state index in [0.717, 1.165) is 30.7 Å². The lowest BCUT2D eigenvalue weighted by molar-refractivity contribution is 0.332. The van der Waals surface area contributed by atoms with Crippen LogP contribution in [0.1, 0.15) is 61.9 Å². The van der Waals surface area contributed by atoms with Crippen LogP contribution >= 0.6 is 24.0 Å². The van der Waals surface area contributed by atoms with E-state index < -0.39 is 0 Å². The zero-order valence-electron chi connectivity index (χ0n) is 15.7. The first-order valence-electron chi connectivity index (χ1n) is 9.05. The molecule has 0 radical (unpaired) electrons. The molecule has 0 unspecified atom stereocenters. The summed E-state index contributed by atoms with van der Waals surface area (Å²) in [7, 11) is 3.82. The van der Waals surface area contributed by atoms with Crippen molar-refractivity contribution in [2.45, 2.75) is 65.3 Å². The van der Waals surface area contributed by atoms with E-state index in [2.05, 4.69) is 34.6 Å². The Kier molecular flexibility index (Phi) is 9.69. The number of rotatable bonds is 6. The SMILES string of the molecule is CN=C(NCCCC1CCCCC1)NCc1c(C)nn(C)c1C.I. The van der Waals surface area contributed by atoms with Gasteiger partial charge in [0.1, 0.15) is 0 Å². The van der Waals surface area contributed by atoms with Crippen LogP contribution in [0, 0.1) is 19.8 Å². The zero-order valence-corrected chi connectivity index (χ0v) is 18.0. The largest absolute Gasteiger partial charge is 0.356 e. The van der Waals surface area contributed by atoms with Crippen LogP contribution < -0.4 is 10.6 Å². The smallest absolute Gasteiger partial charge is 0.191 e. The Balaban J connectivity index is 0.00000288. The maximum Gasteiger partial charge on any atom is 0.191 e. The van der Waals surface area contributed by atoms with Gasteiger partial charge >= 0.3 is 0 Å². The summed E-state index contributed by atoms with van der Waals surface area (Å²) < 4.78 is 1.94. The minimum atomic E-state index is 0. The average Bonchev–Trinajstić information content (AvgIpc) is 2.80. The first kappa shape index (κ1) is 21.3. The lowest BCUT2D eigenvalue weighted by atomic mass is 9.86. The molecular formula is C18H34IN5. The molecule has 0 saturated heterocycles. The molecule has 0 aromatic carbocycles. The van der Waals surface area contributed by atoms with Crippen molar-refractivity contribution in [2.24, 2.45) is 18.0 Å². The van der Waals surface area contributed by atoms with Crippen LogP contribution in [0.5, 0.6) is 0 Å². The van der Waals surface area contributed by atoms with E-state index in [1.807, 2.05) is 18.8 Å². The maximum atomic E-state index is 4.46. The van der Waals surface area contributed by atoms with Gasteiger partial charge < -0.3 is 10.6 Å². The van der Waals surface area contributed by atoms with Crippen LogP contribution in [0.2, 0.25) is 0 Å². The van der Waals surface area contributed by atoms with E-state index in [1.165, 1.54) is 56.2 Å². The Morgan fingerprint density at radius 2 is 1.92 bits per heavy atom. The summed E-state index contributed by atoms with van der Waals surface area (Å²) in [5.41, 5.74) is 3.56. The first-order valence-corrected chi connectivity index (χ1v) is 9.05. The molecular weight excluding hydrogens is 413 g/mol. The van der Waals surface area contributed by atoms with Gasteiger partial charge in [-0.1, -0.05) is 32.1 Å². The topological polar surface area (TPSA) is 54.2 Å². The molecule has 1 aliphatic carbocycles. The van der Waals surface area contributed by atoms with Gasteiger partial charge in [-0.05, 0) is 32.6 Å². The molecule has 1 aromatic rings. The third-order valence-electron chi connectivity index (χ3n) is 5.12. The quantitative estimate of drug-likeness (QED) is 0.303. The van der Waals surface area contributed by atoms with Crippen LogP contribution in [0.25, 0.3) is 0 Å². The molecule has 2 rings (SSSR count). The lowest BCUT2D eigenvalue weighted by Gasteiger charge is -2.21. The van der Waals surface area contributed by atoms with Crippen molar-refractivity contribution in [1.29, 1.82) is 0 Å². The van der Waals surface area contributed by atoms with Crippen molar-refractivity contribution in [2.75, 3.05) is 13.6 Å². The predicted molar refractivity (Wildman–Crippen MR) is 112 cm³/mol. The lowest BCUT2D eigenvalue weighted by Crippen LogP contribution is -2.37. The number of halogens is 1. The van der Waals surface area contributed by atoms with E-state index in [4.69, 9.17) is 0 Å². The van der Waals surface area contributed by atoms with Crippen molar-refractivity contribution < 1.29 is 0 Å². The highest BCUT2D eigenvalue weighted by Crippen LogP contribution is 2.26. The Hall–Kier alpha value is -0.790. The second-order valence-electron chi connectivity index (χ2n) is 6.77. The van der Waals surface area contributed by atoms with Gasteiger partial charge in [0.2, 0.25) is 0 Å². The summed E-state index contributed by atoms with van der Waals surface area (Å²) in [6.45, 7) is 5.94. The minimum absolute atomic E-state index is 0. The van der Waals surface area contributed by atoms with Crippen molar-refractivity contribution in [3.05, 3.63) is 17.0 Å². The Labute approximate surface area is 164 Å². The number of hydrogen-bond acceptors (Lipinski definition) is 2. The van der Waals surface area contributed by atoms with Crippen molar-refractivity contribution in [1.82, 2.24) is 20.4 Å². The monoisotopic (exact) mass is 447 g/mol. The van der Waals surface area contributed by atoms with Gasteiger partial charge in [0.05, 0.1) is 5.69 Å². The molecule has 24 heavy (non-hydrogen) atoms. The van der Waals surface area contributed by atoms with Gasteiger partial charge in [-0.15, -0.1) is 24.0 Å². The number of aromatic nitrogens is 2. The molecule has 0 aliphatic heterocycles. The highest BCUT2D eigenvalue weighted by atomic mass is 127. The molecule has 0 spiro atoms. The fourth-order valence-corrected chi connectivity index (χ4v) is 3.54. The van der Waals surface area contributed by atoms with Crippen LogP contribution in [-0.4, -0.2) is 29.3 Å². The first-order chi connectivity index (χ1) is 11.1. The standard InChI is InChI=1S/C18H33N5.HI/c1-14-17(15(2)23(4)22-14)13-21-18(19-3)20-12-8-11-16-9-6-5-7-10-16;/h16H,5-13H2,1-4H3,(H2,19,20,21);1H.